The first-order valence-corrected chi connectivity index (χ1v) is 3.96. The van der Waals surface area contributed by atoms with Gasteiger partial charge in [-0.15, -0.1) is 0 Å². The molecule has 0 saturated carbocycles. The molecule has 0 aromatic rings. The highest BCUT2D eigenvalue weighted by molar-refractivity contribution is 5.21. The van der Waals surface area contributed by atoms with Gasteiger partial charge in [0.2, 0.25) is 0 Å². The van der Waals surface area contributed by atoms with Crippen molar-refractivity contribution in [1.29, 1.82) is 0 Å². The van der Waals surface area contributed by atoms with Gasteiger partial charge in [-0.05, 0) is 26.5 Å². The summed E-state index contributed by atoms with van der Waals surface area (Å²) in [7, 11) is 1.94. The van der Waals surface area contributed by atoms with Gasteiger partial charge >= 0.3 is 0 Å². The third kappa shape index (κ3) is 3.83. The van der Waals surface area contributed by atoms with Crippen molar-refractivity contribution in [2.24, 2.45) is 0 Å². The summed E-state index contributed by atoms with van der Waals surface area (Å²) in [6, 6.07) is 0. The molecule has 0 atom stereocenters. The van der Waals surface area contributed by atoms with Gasteiger partial charge in [0, 0.05) is 18.8 Å². The number of nitrogens with one attached hydrogen (secondary N) is 2. The van der Waals surface area contributed by atoms with E-state index in [0.29, 0.717) is 0 Å². The van der Waals surface area contributed by atoms with Gasteiger partial charge in [0.1, 0.15) is 0 Å². The highest BCUT2D eigenvalue weighted by Gasteiger charge is 1.95. The van der Waals surface area contributed by atoms with E-state index in [1.165, 1.54) is 11.3 Å². The minimum absolute atomic E-state index is 0.881. The largest absolute Gasteiger partial charge is 0.387 e. The summed E-state index contributed by atoms with van der Waals surface area (Å²) < 4.78 is 0. The van der Waals surface area contributed by atoms with Crippen LogP contribution in [-0.2, 0) is 0 Å². The normalized spacial score (nSPS) is 12.3. The number of allylic oxidation sites excluding steroid dienone is 2. The van der Waals surface area contributed by atoms with Crippen molar-refractivity contribution in [3.8, 4) is 0 Å². The zero-order chi connectivity index (χ0) is 8.69. The molecule has 0 aliphatic carbocycles. The second-order valence-electron chi connectivity index (χ2n) is 2.43. The third-order valence-corrected chi connectivity index (χ3v) is 1.53. The fourth-order valence-electron chi connectivity index (χ4n) is 0.855. The van der Waals surface area contributed by atoms with Crippen molar-refractivity contribution in [2.75, 3.05) is 20.1 Å². The monoisotopic (exact) mass is 154 g/mol. The summed E-state index contributed by atoms with van der Waals surface area (Å²) in [4.78, 5) is 0. The summed E-state index contributed by atoms with van der Waals surface area (Å²) in [5.74, 6) is 0. The smallest absolute Gasteiger partial charge is 0.0354 e. The Morgan fingerprint density at radius 3 is 2.55 bits per heavy atom. The highest BCUT2D eigenvalue weighted by Crippen LogP contribution is 1.99. The molecular formula is C9H18N2. The van der Waals surface area contributed by atoms with Crippen LogP contribution in [0.25, 0.3) is 0 Å². The Balaban J connectivity index is 4.16. The molecule has 0 heterocycles. The Hall–Kier alpha value is -0.760. The molecule has 0 radical (unpaired) electrons. The first-order chi connectivity index (χ1) is 5.26. The van der Waals surface area contributed by atoms with Crippen molar-refractivity contribution in [3.05, 3.63) is 23.9 Å². The number of rotatable bonds is 5. The lowest BCUT2D eigenvalue weighted by Gasteiger charge is -2.10. The molecule has 0 spiro atoms. The molecule has 2 N–H and O–H groups in total. The fraction of sp³-hybridized carbons (Fsp3) is 0.556. The maximum atomic E-state index is 3.72. The molecule has 0 saturated heterocycles. The lowest BCUT2D eigenvalue weighted by Crippen LogP contribution is -2.23. The fourth-order valence-corrected chi connectivity index (χ4v) is 0.855. The van der Waals surface area contributed by atoms with Crippen molar-refractivity contribution in [1.82, 2.24) is 10.6 Å². The zero-order valence-corrected chi connectivity index (χ0v) is 7.70. The third-order valence-electron chi connectivity index (χ3n) is 1.53. The van der Waals surface area contributed by atoms with Gasteiger partial charge in [0.25, 0.3) is 0 Å². The average Bonchev–Trinajstić information content (AvgIpc) is 2.03. The standard InChI is InChI=1S/C9H18N2/c1-5-8(3)9(7-10-4)11-6-2/h5,10-11H,1,6-7H2,2-4H3/b9-8-. The van der Waals surface area contributed by atoms with Crippen molar-refractivity contribution in [3.63, 3.8) is 0 Å². The van der Waals surface area contributed by atoms with Crippen LogP contribution < -0.4 is 10.6 Å². The van der Waals surface area contributed by atoms with Crippen LogP contribution in [0.15, 0.2) is 23.9 Å². The minimum Gasteiger partial charge on any atom is -0.387 e. The predicted molar refractivity (Wildman–Crippen MR) is 50.5 cm³/mol. The molecular weight excluding hydrogens is 136 g/mol. The van der Waals surface area contributed by atoms with Crippen molar-refractivity contribution in [2.45, 2.75) is 13.8 Å². The lowest BCUT2D eigenvalue weighted by molar-refractivity contribution is 0.754. The van der Waals surface area contributed by atoms with Gasteiger partial charge in [-0.1, -0.05) is 12.7 Å². The lowest BCUT2D eigenvalue weighted by atomic mass is 10.2. The molecule has 2 heteroatoms. The molecule has 0 rings (SSSR count). The molecule has 2 nitrogen and oxygen atoms in total. The van der Waals surface area contributed by atoms with E-state index >= 15 is 0 Å². The first-order valence-electron chi connectivity index (χ1n) is 3.96. The van der Waals surface area contributed by atoms with E-state index in [1.54, 1.807) is 0 Å². The van der Waals surface area contributed by atoms with Crippen LogP contribution in [0, 0.1) is 0 Å². The molecule has 0 aliphatic rings. The summed E-state index contributed by atoms with van der Waals surface area (Å²) >= 11 is 0. The Bertz CT molecular complexity index is 140. The van der Waals surface area contributed by atoms with E-state index in [0.717, 1.165) is 13.1 Å². The van der Waals surface area contributed by atoms with Crippen LogP contribution in [0.2, 0.25) is 0 Å². The van der Waals surface area contributed by atoms with E-state index in [2.05, 4.69) is 31.1 Å². The van der Waals surface area contributed by atoms with Gasteiger partial charge in [0.05, 0.1) is 0 Å². The Kier molecular flexibility index (Phi) is 5.57. The number of hydrogen-bond donors (Lipinski definition) is 2. The SMILES string of the molecule is C=C/C(C)=C(/CNC)NCC. The van der Waals surface area contributed by atoms with E-state index in [9.17, 15) is 0 Å². The van der Waals surface area contributed by atoms with Gasteiger partial charge in [-0.3, -0.25) is 0 Å². The van der Waals surface area contributed by atoms with Crippen LogP contribution in [0.3, 0.4) is 0 Å². The molecule has 0 aliphatic heterocycles. The Labute approximate surface area is 69.4 Å². The second kappa shape index (κ2) is 5.98. The number of likely N-dealkylation sites (N-methyl/N-ethyl adjacent to an activating group) is 2. The van der Waals surface area contributed by atoms with Gasteiger partial charge in [-0.2, -0.15) is 0 Å². The molecule has 0 unspecified atom stereocenters. The van der Waals surface area contributed by atoms with Crippen molar-refractivity contribution >= 4 is 0 Å². The maximum Gasteiger partial charge on any atom is 0.0354 e. The highest BCUT2D eigenvalue weighted by atomic mass is 14.9. The Morgan fingerprint density at radius 1 is 1.55 bits per heavy atom. The van der Waals surface area contributed by atoms with Gasteiger partial charge < -0.3 is 10.6 Å². The van der Waals surface area contributed by atoms with E-state index in [1.807, 2.05) is 13.1 Å². The predicted octanol–water partition coefficient (Wildman–Crippen LogP) is 1.28. The summed E-state index contributed by atoms with van der Waals surface area (Å²) in [5.41, 5.74) is 2.44. The molecule has 11 heavy (non-hydrogen) atoms. The quantitative estimate of drug-likeness (QED) is 0.583. The van der Waals surface area contributed by atoms with Crippen LogP contribution in [-0.4, -0.2) is 20.1 Å². The first kappa shape index (κ1) is 10.2. The molecule has 0 bridgehead atoms. The zero-order valence-electron chi connectivity index (χ0n) is 7.70. The maximum absolute atomic E-state index is 3.72. The average molecular weight is 154 g/mol. The minimum atomic E-state index is 0.881. The molecule has 0 amide bonds. The molecule has 0 aromatic heterocycles. The second-order valence-corrected chi connectivity index (χ2v) is 2.43. The van der Waals surface area contributed by atoms with Gasteiger partial charge in [-0.25, -0.2) is 0 Å². The van der Waals surface area contributed by atoms with Gasteiger partial charge in [0.15, 0.2) is 0 Å². The molecule has 0 aromatic carbocycles. The summed E-state index contributed by atoms with van der Waals surface area (Å²) in [6.45, 7) is 9.71. The summed E-state index contributed by atoms with van der Waals surface area (Å²) in [6.07, 6.45) is 1.87. The molecule has 0 fully saturated rings. The van der Waals surface area contributed by atoms with E-state index in [4.69, 9.17) is 0 Å². The van der Waals surface area contributed by atoms with Crippen LogP contribution in [0.4, 0.5) is 0 Å². The van der Waals surface area contributed by atoms with Crippen LogP contribution in [0.1, 0.15) is 13.8 Å². The van der Waals surface area contributed by atoms with E-state index in [-0.39, 0.29) is 0 Å². The van der Waals surface area contributed by atoms with Crippen LogP contribution >= 0.6 is 0 Å². The van der Waals surface area contributed by atoms with Crippen molar-refractivity contribution < 1.29 is 0 Å². The van der Waals surface area contributed by atoms with Crippen LogP contribution in [0.5, 0.6) is 0 Å². The van der Waals surface area contributed by atoms with E-state index < -0.39 is 0 Å². The summed E-state index contributed by atoms with van der Waals surface area (Å²) in [5, 5.41) is 6.38. The number of hydrogen-bond acceptors (Lipinski definition) is 2. The topological polar surface area (TPSA) is 24.1 Å². The molecule has 64 valence electrons. The Morgan fingerprint density at radius 2 is 2.18 bits per heavy atom.